The number of amides is 1. The first kappa shape index (κ1) is 17.5. The van der Waals surface area contributed by atoms with E-state index < -0.39 is 0 Å². The van der Waals surface area contributed by atoms with Gasteiger partial charge in [0, 0.05) is 12.2 Å². The van der Waals surface area contributed by atoms with Crippen LogP contribution < -0.4 is 15.1 Å². The largest absolute Gasteiger partial charge is 0.360 e. The van der Waals surface area contributed by atoms with Gasteiger partial charge in [0.15, 0.2) is 6.54 Å². The Morgan fingerprint density at radius 1 is 1.04 bits per heavy atom. The molecule has 3 rings (SSSR count). The minimum absolute atomic E-state index is 0.158. The van der Waals surface area contributed by atoms with Gasteiger partial charge in [-0.25, -0.2) is 0 Å². The average Bonchev–Trinajstić information content (AvgIpc) is 2.68. The zero-order valence-corrected chi connectivity index (χ0v) is 14.9. The minimum atomic E-state index is 0.158. The van der Waals surface area contributed by atoms with Crippen molar-refractivity contribution in [3.63, 3.8) is 0 Å². The number of hydrogen-bond acceptors (Lipinski definition) is 2. The average molecular weight is 338 g/mol. The lowest BCUT2D eigenvalue weighted by molar-refractivity contribution is -0.892. The molecule has 0 radical (unpaired) electrons. The molecule has 1 aliphatic rings. The van der Waals surface area contributed by atoms with Gasteiger partial charge in [-0.2, -0.15) is 0 Å². The molecule has 0 aromatic heterocycles. The zero-order chi connectivity index (χ0) is 17.5. The molecular weight excluding hydrogens is 310 g/mol. The number of quaternary nitrogens is 1. The van der Waals surface area contributed by atoms with Crippen LogP contribution in [0.1, 0.15) is 18.4 Å². The first-order chi connectivity index (χ1) is 12.2. The minimum Gasteiger partial charge on any atom is -0.360 e. The Kier molecular flexibility index (Phi) is 6.07. The standard InChI is InChI=1S/C21H27N3O/c1-18(19-8-4-2-5-9-19)16-22-21(25)17-23-12-14-24(15-13-23)20-10-6-3-7-11-20/h2-11,18H,12-17H2,1H3,(H,22,25)/p+1/t18-/m1/s1. The van der Waals surface area contributed by atoms with Crippen molar-refractivity contribution in [3.8, 4) is 0 Å². The molecule has 1 heterocycles. The maximum atomic E-state index is 12.3. The van der Waals surface area contributed by atoms with Crippen LogP contribution in [0.5, 0.6) is 0 Å². The van der Waals surface area contributed by atoms with Crippen molar-refractivity contribution in [1.29, 1.82) is 0 Å². The van der Waals surface area contributed by atoms with Gasteiger partial charge in [0.2, 0.25) is 0 Å². The quantitative estimate of drug-likeness (QED) is 0.833. The lowest BCUT2D eigenvalue weighted by atomic mass is 10.0. The Bertz CT molecular complexity index is 651. The molecule has 2 aromatic carbocycles. The van der Waals surface area contributed by atoms with E-state index in [2.05, 4.69) is 53.5 Å². The van der Waals surface area contributed by atoms with Crippen LogP contribution in [0, 0.1) is 0 Å². The summed E-state index contributed by atoms with van der Waals surface area (Å²) in [7, 11) is 0. The Morgan fingerprint density at radius 2 is 1.64 bits per heavy atom. The van der Waals surface area contributed by atoms with E-state index in [0.717, 1.165) is 26.2 Å². The summed E-state index contributed by atoms with van der Waals surface area (Å²) >= 11 is 0. The first-order valence-electron chi connectivity index (χ1n) is 9.17. The number of nitrogens with one attached hydrogen (secondary N) is 2. The van der Waals surface area contributed by atoms with Crippen LogP contribution in [0.2, 0.25) is 0 Å². The topological polar surface area (TPSA) is 36.8 Å². The van der Waals surface area contributed by atoms with Gasteiger partial charge in [0.05, 0.1) is 26.2 Å². The van der Waals surface area contributed by atoms with Crippen molar-refractivity contribution in [1.82, 2.24) is 5.32 Å². The molecule has 1 atom stereocenters. The molecule has 0 unspecified atom stereocenters. The lowest BCUT2D eigenvalue weighted by Crippen LogP contribution is -3.16. The van der Waals surface area contributed by atoms with Crippen LogP contribution in [0.3, 0.4) is 0 Å². The molecule has 4 heteroatoms. The summed E-state index contributed by atoms with van der Waals surface area (Å²) in [6.07, 6.45) is 0. The fourth-order valence-corrected chi connectivity index (χ4v) is 3.35. The maximum absolute atomic E-state index is 12.3. The number of carbonyl (C=O) groups is 1. The van der Waals surface area contributed by atoms with Gasteiger partial charge < -0.3 is 15.1 Å². The second-order valence-corrected chi connectivity index (χ2v) is 6.87. The highest BCUT2D eigenvalue weighted by molar-refractivity contribution is 5.76. The molecule has 0 aliphatic carbocycles. The van der Waals surface area contributed by atoms with Crippen molar-refractivity contribution < 1.29 is 9.69 Å². The van der Waals surface area contributed by atoms with E-state index >= 15 is 0 Å². The predicted octanol–water partition coefficient (Wildman–Crippen LogP) is 1.31. The van der Waals surface area contributed by atoms with Gasteiger partial charge in [0.1, 0.15) is 0 Å². The number of benzene rings is 2. The monoisotopic (exact) mass is 338 g/mol. The molecule has 1 amide bonds. The number of piperazine rings is 1. The van der Waals surface area contributed by atoms with Crippen molar-refractivity contribution in [2.45, 2.75) is 12.8 Å². The maximum Gasteiger partial charge on any atom is 0.275 e. The third kappa shape index (κ3) is 5.07. The third-order valence-corrected chi connectivity index (χ3v) is 4.98. The van der Waals surface area contributed by atoms with E-state index in [1.807, 2.05) is 24.3 Å². The molecular formula is C21H28N3O+. The van der Waals surface area contributed by atoms with Crippen LogP contribution in [-0.4, -0.2) is 45.2 Å². The van der Waals surface area contributed by atoms with Gasteiger partial charge >= 0.3 is 0 Å². The normalized spacial score (nSPS) is 16.4. The van der Waals surface area contributed by atoms with Gasteiger partial charge in [-0.05, 0) is 23.6 Å². The van der Waals surface area contributed by atoms with Crippen molar-refractivity contribution in [2.75, 3.05) is 44.2 Å². The molecule has 0 bridgehead atoms. The highest BCUT2D eigenvalue weighted by Gasteiger charge is 2.22. The summed E-state index contributed by atoms with van der Waals surface area (Å²) in [6.45, 7) is 7.46. The van der Waals surface area contributed by atoms with Crippen molar-refractivity contribution in [2.24, 2.45) is 0 Å². The summed E-state index contributed by atoms with van der Waals surface area (Å²) in [6, 6.07) is 20.9. The summed E-state index contributed by atoms with van der Waals surface area (Å²) in [5.74, 6) is 0.501. The SMILES string of the molecule is C[C@H](CNC(=O)C[NH+]1CCN(c2ccccc2)CC1)c1ccccc1. The van der Waals surface area contributed by atoms with Crippen molar-refractivity contribution in [3.05, 3.63) is 66.2 Å². The van der Waals surface area contributed by atoms with Crippen LogP contribution in [-0.2, 0) is 4.79 Å². The molecule has 4 nitrogen and oxygen atoms in total. The number of para-hydroxylation sites is 1. The van der Waals surface area contributed by atoms with Gasteiger partial charge in [0.25, 0.3) is 5.91 Å². The third-order valence-electron chi connectivity index (χ3n) is 4.98. The van der Waals surface area contributed by atoms with Gasteiger partial charge in [-0.3, -0.25) is 4.79 Å². The fourth-order valence-electron chi connectivity index (χ4n) is 3.35. The predicted molar refractivity (Wildman–Crippen MR) is 102 cm³/mol. The smallest absolute Gasteiger partial charge is 0.275 e. The van der Waals surface area contributed by atoms with Crippen LogP contribution in [0.4, 0.5) is 5.69 Å². The zero-order valence-electron chi connectivity index (χ0n) is 14.9. The second-order valence-electron chi connectivity index (χ2n) is 6.87. The Hall–Kier alpha value is -2.33. The highest BCUT2D eigenvalue weighted by Crippen LogP contribution is 2.13. The highest BCUT2D eigenvalue weighted by atomic mass is 16.2. The first-order valence-corrected chi connectivity index (χ1v) is 9.17. The number of hydrogen-bond donors (Lipinski definition) is 2. The summed E-state index contributed by atoms with van der Waals surface area (Å²) in [5.41, 5.74) is 2.55. The van der Waals surface area contributed by atoms with Gasteiger partial charge in [-0.1, -0.05) is 55.5 Å². The van der Waals surface area contributed by atoms with Gasteiger partial charge in [-0.15, -0.1) is 0 Å². The lowest BCUT2D eigenvalue weighted by Gasteiger charge is -2.33. The van der Waals surface area contributed by atoms with Crippen LogP contribution in [0.15, 0.2) is 60.7 Å². The number of anilines is 1. The summed E-state index contributed by atoms with van der Waals surface area (Å²) in [4.78, 5) is 16.0. The van der Waals surface area contributed by atoms with Crippen LogP contribution >= 0.6 is 0 Å². The van der Waals surface area contributed by atoms with E-state index in [9.17, 15) is 4.79 Å². The number of nitrogens with zero attached hydrogens (tertiary/aromatic N) is 1. The fraction of sp³-hybridized carbons (Fsp3) is 0.381. The summed E-state index contributed by atoms with van der Waals surface area (Å²) < 4.78 is 0. The van der Waals surface area contributed by atoms with E-state index in [4.69, 9.17) is 0 Å². The number of carbonyl (C=O) groups excluding carboxylic acids is 1. The van der Waals surface area contributed by atoms with E-state index in [1.54, 1.807) is 0 Å². The Morgan fingerprint density at radius 3 is 2.28 bits per heavy atom. The van der Waals surface area contributed by atoms with Crippen molar-refractivity contribution >= 4 is 11.6 Å². The van der Waals surface area contributed by atoms with Crippen LogP contribution in [0.25, 0.3) is 0 Å². The van der Waals surface area contributed by atoms with E-state index in [-0.39, 0.29) is 5.91 Å². The Balaban J connectivity index is 1.39. The Labute approximate surface area is 150 Å². The van der Waals surface area contributed by atoms with E-state index in [1.165, 1.54) is 16.2 Å². The molecule has 1 aliphatic heterocycles. The molecule has 0 saturated carbocycles. The molecule has 25 heavy (non-hydrogen) atoms. The molecule has 132 valence electrons. The summed E-state index contributed by atoms with van der Waals surface area (Å²) in [5, 5.41) is 3.10. The number of rotatable bonds is 6. The second kappa shape index (κ2) is 8.67. The molecule has 2 N–H and O–H groups in total. The molecule has 1 saturated heterocycles. The molecule has 2 aromatic rings. The molecule has 1 fully saturated rings. The molecule has 0 spiro atoms. The van der Waals surface area contributed by atoms with E-state index in [0.29, 0.717) is 19.0 Å².